The number of likely N-dealkylation sites (N-methyl/N-ethyl adjacent to an activating group) is 1. The lowest BCUT2D eigenvalue weighted by Crippen LogP contribution is -2.25. The molecule has 0 saturated carbocycles. The summed E-state index contributed by atoms with van der Waals surface area (Å²) < 4.78 is 0. The van der Waals surface area contributed by atoms with Crippen LogP contribution in [0.3, 0.4) is 0 Å². The molecule has 23 heavy (non-hydrogen) atoms. The molecule has 0 radical (unpaired) electrons. The molecule has 1 aliphatic heterocycles. The molecule has 3 heteroatoms. The Bertz CT molecular complexity index is 770. The Morgan fingerprint density at radius 2 is 1.65 bits per heavy atom. The Kier molecular flexibility index (Phi) is 4.44. The summed E-state index contributed by atoms with van der Waals surface area (Å²) in [6.07, 6.45) is 1.86. The molecule has 1 heterocycles. The van der Waals surface area contributed by atoms with Crippen molar-refractivity contribution in [2.75, 3.05) is 20.1 Å². The van der Waals surface area contributed by atoms with E-state index in [-0.39, 0.29) is 6.03 Å². The summed E-state index contributed by atoms with van der Waals surface area (Å²) in [6.45, 7) is 1.43. The van der Waals surface area contributed by atoms with Gasteiger partial charge in [0.1, 0.15) is 0 Å². The fourth-order valence-corrected chi connectivity index (χ4v) is 2.40. The van der Waals surface area contributed by atoms with Crippen LogP contribution in [0.4, 0.5) is 4.79 Å². The van der Waals surface area contributed by atoms with Crippen LogP contribution in [0.25, 0.3) is 5.57 Å². The molecule has 2 aromatic carbocycles. The first-order chi connectivity index (χ1) is 11.2. The molecule has 0 bridgehead atoms. The molecule has 0 spiro atoms. The molecule has 0 aliphatic carbocycles. The number of allylic oxidation sites excluding steroid dienone is 1. The summed E-state index contributed by atoms with van der Waals surface area (Å²) in [5.41, 5.74) is 2.82. The van der Waals surface area contributed by atoms with Crippen molar-refractivity contribution < 1.29 is 4.79 Å². The molecule has 0 aromatic heterocycles. The molecular weight excluding hydrogens is 284 g/mol. The van der Waals surface area contributed by atoms with E-state index in [1.165, 1.54) is 0 Å². The SMILES string of the molecule is CN1CCN(/C=C(/C#Cc2ccccc2)c2ccccc2)C1=O. The number of carbonyl (C=O) groups excluding carboxylic acids is 1. The van der Waals surface area contributed by atoms with E-state index >= 15 is 0 Å². The monoisotopic (exact) mass is 302 g/mol. The van der Waals surface area contributed by atoms with Crippen molar-refractivity contribution >= 4 is 11.6 Å². The smallest absolute Gasteiger partial charge is 0.323 e. The zero-order valence-corrected chi connectivity index (χ0v) is 13.1. The fourth-order valence-electron chi connectivity index (χ4n) is 2.40. The summed E-state index contributed by atoms with van der Waals surface area (Å²) in [5.74, 6) is 6.39. The quantitative estimate of drug-likeness (QED) is 0.780. The highest BCUT2D eigenvalue weighted by Crippen LogP contribution is 2.17. The van der Waals surface area contributed by atoms with E-state index in [1.807, 2.05) is 73.9 Å². The third-order valence-electron chi connectivity index (χ3n) is 3.73. The number of amides is 2. The summed E-state index contributed by atoms with van der Waals surface area (Å²) in [4.78, 5) is 15.5. The van der Waals surface area contributed by atoms with Crippen molar-refractivity contribution in [1.29, 1.82) is 0 Å². The van der Waals surface area contributed by atoms with Gasteiger partial charge in [-0.15, -0.1) is 0 Å². The first-order valence-electron chi connectivity index (χ1n) is 7.60. The van der Waals surface area contributed by atoms with E-state index in [0.29, 0.717) is 6.54 Å². The van der Waals surface area contributed by atoms with Gasteiger partial charge in [-0.25, -0.2) is 4.79 Å². The molecule has 0 atom stereocenters. The van der Waals surface area contributed by atoms with Crippen molar-refractivity contribution in [3.05, 3.63) is 78.0 Å². The molecule has 1 aliphatic rings. The molecule has 3 rings (SSSR count). The Balaban J connectivity index is 1.95. The second-order valence-electron chi connectivity index (χ2n) is 5.42. The molecule has 114 valence electrons. The zero-order chi connectivity index (χ0) is 16.1. The lowest BCUT2D eigenvalue weighted by atomic mass is 10.1. The van der Waals surface area contributed by atoms with E-state index in [1.54, 1.807) is 9.80 Å². The average Bonchev–Trinajstić information content (AvgIpc) is 2.92. The predicted octanol–water partition coefficient (Wildman–Crippen LogP) is 3.45. The Labute approximate surface area is 136 Å². The molecule has 0 unspecified atom stereocenters. The van der Waals surface area contributed by atoms with Gasteiger partial charge < -0.3 is 4.90 Å². The van der Waals surface area contributed by atoms with Gasteiger partial charge in [-0.3, -0.25) is 4.90 Å². The Morgan fingerprint density at radius 1 is 1.00 bits per heavy atom. The predicted molar refractivity (Wildman–Crippen MR) is 92.5 cm³/mol. The summed E-state index contributed by atoms with van der Waals surface area (Å²) in [6, 6.07) is 19.8. The van der Waals surface area contributed by atoms with Crippen LogP contribution in [0, 0.1) is 11.8 Å². The van der Waals surface area contributed by atoms with E-state index < -0.39 is 0 Å². The van der Waals surface area contributed by atoms with Crippen molar-refractivity contribution in [2.24, 2.45) is 0 Å². The minimum Gasteiger partial charge on any atom is -0.326 e. The second-order valence-corrected chi connectivity index (χ2v) is 5.42. The van der Waals surface area contributed by atoms with E-state index in [9.17, 15) is 4.79 Å². The number of carbonyl (C=O) groups is 1. The minimum absolute atomic E-state index is 0.0138. The number of hydrogen-bond acceptors (Lipinski definition) is 1. The Morgan fingerprint density at radius 3 is 2.26 bits per heavy atom. The molecule has 1 saturated heterocycles. The van der Waals surface area contributed by atoms with Gasteiger partial charge >= 0.3 is 6.03 Å². The second kappa shape index (κ2) is 6.85. The van der Waals surface area contributed by atoms with E-state index in [4.69, 9.17) is 0 Å². The first-order valence-corrected chi connectivity index (χ1v) is 7.60. The number of benzene rings is 2. The van der Waals surface area contributed by atoms with Gasteiger partial charge in [-0.05, 0) is 17.7 Å². The van der Waals surface area contributed by atoms with Crippen molar-refractivity contribution in [1.82, 2.24) is 9.80 Å². The van der Waals surface area contributed by atoms with Crippen LogP contribution < -0.4 is 0 Å². The highest BCUT2D eigenvalue weighted by molar-refractivity contribution is 5.84. The number of hydrogen-bond donors (Lipinski definition) is 0. The van der Waals surface area contributed by atoms with Crippen LogP contribution in [-0.2, 0) is 0 Å². The molecule has 2 amide bonds. The maximum atomic E-state index is 12.1. The lowest BCUT2D eigenvalue weighted by molar-refractivity contribution is 0.210. The molecular formula is C20H18N2O. The van der Waals surface area contributed by atoms with Crippen LogP contribution in [0.5, 0.6) is 0 Å². The molecule has 3 nitrogen and oxygen atoms in total. The zero-order valence-electron chi connectivity index (χ0n) is 13.1. The van der Waals surface area contributed by atoms with Crippen molar-refractivity contribution in [3.63, 3.8) is 0 Å². The average molecular weight is 302 g/mol. The fraction of sp³-hybridized carbons (Fsp3) is 0.150. The third kappa shape index (κ3) is 3.61. The van der Waals surface area contributed by atoms with Gasteiger partial charge in [0.05, 0.1) is 0 Å². The number of rotatable bonds is 2. The van der Waals surface area contributed by atoms with Gasteiger partial charge in [-0.1, -0.05) is 60.4 Å². The summed E-state index contributed by atoms with van der Waals surface area (Å²) >= 11 is 0. The largest absolute Gasteiger partial charge is 0.326 e. The van der Waals surface area contributed by atoms with Crippen LogP contribution >= 0.6 is 0 Å². The van der Waals surface area contributed by atoms with Crippen molar-refractivity contribution in [3.8, 4) is 11.8 Å². The highest BCUT2D eigenvalue weighted by Gasteiger charge is 2.23. The normalized spacial score (nSPS) is 14.7. The van der Waals surface area contributed by atoms with Crippen LogP contribution in [0.15, 0.2) is 66.9 Å². The maximum Gasteiger partial charge on any atom is 0.323 e. The molecule has 0 N–H and O–H groups in total. The minimum atomic E-state index is 0.0138. The maximum absolute atomic E-state index is 12.1. The first kappa shape index (κ1) is 14.9. The summed E-state index contributed by atoms with van der Waals surface area (Å²) in [5, 5.41) is 0. The van der Waals surface area contributed by atoms with Crippen LogP contribution in [-0.4, -0.2) is 36.0 Å². The van der Waals surface area contributed by atoms with Gasteiger partial charge in [0.2, 0.25) is 0 Å². The third-order valence-corrected chi connectivity index (χ3v) is 3.73. The van der Waals surface area contributed by atoms with Crippen LogP contribution in [0.1, 0.15) is 11.1 Å². The highest BCUT2D eigenvalue weighted by atomic mass is 16.2. The van der Waals surface area contributed by atoms with E-state index in [2.05, 4.69) is 11.8 Å². The molecule has 1 fully saturated rings. The van der Waals surface area contributed by atoms with Gasteiger partial charge in [0, 0.05) is 37.5 Å². The van der Waals surface area contributed by atoms with E-state index in [0.717, 1.165) is 23.2 Å². The number of nitrogens with zero attached hydrogens (tertiary/aromatic N) is 2. The Hall–Kier alpha value is -2.99. The van der Waals surface area contributed by atoms with Gasteiger partial charge in [0.15, 0.2) is 0 Å². The number of urea groups is 1. The standard InChI is InChI=1S/C20H18N2O/c1-21-14-15-22(20(21)23)16-19(18-10-6-3-7-11-18)13-12-17-8-4-2-5-9-17/h2-11,16H,14-15H2,1H3/b19-16-. The van der Waals surface area contributed by atoms with Crippen LogP contribution in [0.2, 0.25) is 0 Å². The molecule has 2 aromatic rings. The van der Waals surface area contributed by atoms with Gasteiger partial charge in [0.25, 0.3) is 0 Å². The summed E-state index contributed by atoms with van der Waals surface area (Å²) in [7, 11) is 1.81. The van der Waals surface area contributed by atoms with Gasteiger partial charge in [-0.2, -0.15) is 0 Å². The lowest BCUT2D eigenvalue weighted by Gasteiger charge is -2.12. The topological polar surface area (TPSA) is 23.6 Å². The van der Waals surface area contributed by atoms with Crippen molar-refractivity contribution in [2.45, 2.75) is 0 Å².